The number of hydrogen-bond donors (Lipinski definition) is 0. The molecule has 4 rings (SSSR count). The predicted molar refractivity (Wildman–Crippen MR) is 122 cm³/mol. The Morgan fingerprint density at radius 1 is 1.03 bits per heavy atom. The molecule has 0 atom stereocenters. The zero-order valence-corrected chi connectivity index (χ0v) is 18.3. The van der Waals surface area contributed by atoms with Crippen LogP contribution in [0.1, 0.15) is 15.9 Å². The molecule has 0 saturated carbocycles. The van der Waals surface area contributed by atoms with Crippen LogP contribution in [0.5, 0.6) is 5.75 Å². The van der Waals surface area contributed by atoms with Crippen molar-refractivity contribution in [3.63, 3.8) is 0 Å². The number of carbonyl (C=O) groups excluding carboxylic acids is 1. The fraction of sp³-hybridized carbons (Fsp3) is 0.0833. The number of benzene rings is 3. The third-order valence-corrected chi connectivity index (χ3v) is 5.59. The molecule has 0 aliphatic rings. The van der Waals surface area contributed by atoms with E-state index in [4.69, 9.17) is 20.8 Å². The van der Waals surface area contributed by atoms with Gasteiger partial charge in [-0.05, 0) is 60.5 Å². The molecule has 150 valence electrons. The Hall–Kier alpha value is -2.89. The number of ketones is 1. The van der Waals surface area contributed by atoms with E-state index in [9.17, 15) is 9.59 Å². The zero-order chi connectivity index (χ0) is 21.3. The Labute approximate surface area is 186 Å². The monoisotopic (exact) mass is 482 g/mol. The highest BCUT2D eigenvalue weighted by molar-refractivity contribution is 9.10. The molecule has 4 nitrogen and oxygen atoms in total. The van der Waals surface area contributed by atoms with Crippen LogP contribution in [0, 0.1) is 6.92 Å². The SMILES string of the molecule is Cc1c(-c2ccc(Cl)cc2)c(=O)oc2ccc(OCC(=O)c3ccc(Br)cc3)cc12. The van der Waals surface area contributed by atoms with E-state index in [0.717, 1.165) is 21.0 Å². The topological polar surface area (TPSA) is 56.5 Å². The lowest BCUT2D eigenvalue weighted by atomic mass is 9.99. The van der Waals surface area contributed by atoms with Crippen molar-refractivity contribution in [3.8, 4) is 16.9 Å². The molecule has 1 aromatic heterocycles. The Kier molecular flexibility index (Phi) is 5.75. The number of hydrogen-bond acceptors (Lipinski definition) is 4. The summed E-state index contributed by atoms with van der Waals surface area (Å²) in [4.78, 5) is 24.9. The maximum absolute atomic E-state index is 12.5. The van der Waals surface area contributed by atoms with Gasteiger partial charge in [0.2, 0.25) is 0 Å². The highest BCUT2D eigenvalue weighted by atomic mass is 79.9. The highest BCUT2D eigenvalue weighted by Gasteiger charge is 2.15. The van der Waals surface area contributed by atoms with Crippen LogP contribution in [0.2, 0.25) is 5.02 Å². The lowest BCUT2D eigenvalue weighted by molar-refractivity contribution is 0.0921. The highest BCUT2D eigenvalue weighted by Crippen LogP contribution is 2.30. The van der Waals surface area contributed by atoms with Gasteiger partial charge in [0.25, 0.3) is 0 Å². The van der Waals surface area contributed by atoms with E-state index >= 15 is 0 Å². The minimum absolute atomic E-state index is 0.0903. The molecule has 0 bridgehead atoms. The predicted octanol–water partition coefficient (Wildman–Crippen LogP) is 6.45. The Balaban J connectivity index is 1.64. The first-order chi connectivity index (χ1) is 14.4. The quantitative estimate of drug-likeness (QED) is 0.242. The average Bonchev–Trinajstić information content (AvgIpc) is 2.74. The van der Waals surface area contributed by atoms with E-state index in [0.29, 0.717) is 27.5 Å². The number of rotatable bonds is 5. The fourth-order valence-corrected chi connectivity index (χ4v) is 3.63. The molecule has 0 unspecified atom stereocenters. The van der Waals surface area contributed by atoms with Crippen molar-refractivity contribution in [2.75, 3.05) is 6.61 Å². The van der Waals surface area contributed by atoms with Crippen LogP contribution < -0.4 is 10.4 Å². The van der Waals surface area contributed by atoms with Gasteiger partial charge in [0.05, 0.1) is 5.56 Å². The molecule has 0 amide bonds. The molecule has 4 aromatic rings. The Bertz CT molecular complexity index is 1290. The third kappa shape index (κ3) is 4.18. The van der Waals surface area contributed by atoms with Crippen LogP contribution in [-0.4, -0.2) is 12.4 Å². The van der Waals surface area contributed by atoms with Crippen LogP contribution in [0.4, 0.5) is 0 Å². The second-order valence-electron chi connectivity index (χ2n) is 6.77. The van der Waals surface area contributed by atoms with Gasteiger partial charge in [-0.1, -0.05) is 51.8 Å². The van der Waals surface area contributed by atoms with E-state index < -0.39 is 5.63 Å². The van der Waals surface area contributed by atoms with Crippen LogP contribution in [0.15, 0.2) is 80.4 Å². The number of Topliss-reactive ketones (excluding diaryl/α,β-unsaturated/α-hetero) is 1. The van der Waals surface area contributed by atoms with E-state index in [1.165, 1.54) is 0 Å². The lowest BCUT2D eigenvalue weighted by Gasteiger charge is -2.10. The van der Waals surface area contributed by atoms with E-state index in [2.05, 4.69) is 15.9 Å². The molecule has 3 aromatic carbocycles. The molecular weight excluding hydrogens is 468 g/mol. The summed E-state index contributed by atoms with van der Waals surface area (Å²) in [5, 5.41) is 1.33. The summed E-state index contributed by atoms with van der Waals surface area (Å²) in [6.07, 6.45) is 0. The van der Waals surface area contributed by atoms with E-state index in [1.807, 2.05) is 19.1 Å². The fourth-order valence-electron chi connectivity index (χ4n) is 3.24. The molecule has 1 heterocycles. The standard InChI is InChI=1S/C24H16BrClO4/c1-14-20-12-19(29-13-21(27)15-2-6-17(25)7-3-15)10-11-22(20)30-24(28)23(14)16-4-8-18(26)9-5-16/h2-12H,13H2,1H3. The van der Waals surface area contributed by atoms with Gasteiger partial charge in [-0.25, -0.2) is 4.79 Å². The molecule has 0 N–H and O–H groups in total. The van der Waals surface area contributed by atoms with E-state index in [-0.39, 0.29) is 12.4 Å². The summed E-state index contributed by atoms with van der Waals surface area (Å²) in [7, 11) is 0. The lowest BCUT2D eigenvalue weighted by Crippen LogP contribution is -2.11. The second kappa shape index (κ2) is 8.46. The number of aryl methyl sites for hydroxylation is 1. The first-order valence-electron chi connectivity index (χ1n) is 9.17. The second-order valence-corrected chi connectivity index (χ2v) is 8.13. The largest absolute Gasteiger partial charge is 0.485 e. The van der Waals surface area contributed by atoms with Gasteiger partial charge >= 0.3 is 5.63 Å². The van der Waals surface area contributed by atoms with Crippen molar-refractivity contribution < 1.29 is 13.9 Å². The van der Waals surface area contributed by atoms with Crippen LogP contribution in [0.25, 0.3) is 22.1 Å². The van der Waals surface area contributed by atoms with Gasteiger partial charge in [0, 0.05) is 20.4 Å². The number of halogens is 2. The summed E-state index contributed by atoms with van der Waals surface area (Å²) in [6, 6.07) is 19.3. The molecule has 6 heteroatoms. The zero-order valence-electron chi connectivity index (χ0n) is 15.9. The van der Waals surface area contributed by atoms with Crippen molar-refractivity contribution >= 4 is 44.3 Å². The van der Waals surface area contributed by atoms with Crippen molar-refractivity contribution in [2.24, 2.45) is 0 Å². The summed E-state index contributed by atoms with van der Waals surface area (Å²) >= 11 is 9.31. The van der Waals surface area contributed by atoms with Gasteiger partial charge in [-0.2, -0.15) is 0 Å². The van der Waals surface area contributed by atoms with Gasteiger partial charge in [-0.3, -0.25) is 4.79 Å². The van der Waals surface area contributed by atoms with Crippen molar-refractivity contribution in [1.82, 2.24) is 0 Å². The minimum atomic E-state index is -0.415. The maximum atomic E-state index is 12.5. The van der Waals surface area contributed by atoms with Gasteiger partial charge in [-0.15, -0.1) is 0 Å². The van der Waals surface area contributed by atoms with Gasteiger partial charge < -0.3 is 9.15 Å². The molecule has 0 aliphatic carbocycles. The summed E-state index contributed by atoms with van der Waals surface area (Å²) in [6.45, 7) is 1.77. The maximum Gasteiger partial charge on any atom is 0.344 e. The Morgan fingerprint density at radius 2 is 1.73 bits per heavy atom. The number of fused-ring (bicyclic) bond motifs is 1. The van der Waals surface area contributed by atoms with Crippen molar-refractivity contribution in [3.05, 3.63) is 97.8 Å². The van der Waals surface area contributed by atoms with Crippen LogP contribution in [0.3, 0.4) is 0 Å². The molecule has 0 radical (unpaired) electrons. The molecule has 0 saturated heterocycles. The third-order valence-electron chi connectivity index (χ3n) is 4.81. The summed E-state index contributed by atoms with van der Waals surface area (Å²) in [5.74, 6) is 0.396. The van der Waals surface area contributed by atoms with E-state index in [1.54, 1.807) is 54.6 Å². The molecule has 30 heavy (non-hydrogen) atoms. The number of ether oxygens (including phenoxy) is 1. The van der Waals surface area contributed by atoms with Gasteiger partial charge in [0.15, 0.2) is 12.4 Å². The van der Waals surface area contributed by atoms with Crippen molar-refractivity contribution in [2.45, 2.75) is 6.92 Å². The average molecular weight is 484 g/mol. The summed E-state index contributed by atoms with van der Waals surface area (Å²) in [5.41, 5.74) is 2.59. The molecular formula is C24H16BrClO4. The molecule has 0 fully saturated rings. The summed E-state index contributed by atoms with van der Waals surface area (Å²) < 4.78 is 12.1. The Morgan fingerprint density at radius 3 is 2.43 bits per heavy atom. The molecule has 0 aliphatic heterocycles. The smallest absolute Gasteiger partial charge is 0.344 e. The first-order valence-corrected chi connectivity index (χ1v) is 10.3. The first kappa shape index (κ1) is 20.4. The molecule has 0 spiro atoms. The normalized spacial score (nSPS) is 10.9. The minimum Gasteiger partial charge on any atom is -0.485 e. The van der Waals surface area contributed by atoms with Gasteiger partial charge in [0.1, 0.15) is 11.3 Å². The number of carbonyl (C=O) groups is 1. The van der Waals surface area contributed by atoms with Crippen LogP contribution in [-0.2, 0) is 0 Å². The van der Waals surface area contributed by atoms with Crippen molar-refractivity contribution in [1.29, 1.82) is 0 Å². The van der Waals surface area contributed by atoms with Crippen LogP contribution >= 0.6 is 27.5 Å².